The molecule has 2 aromatic carbocycles. The highest BCUT2D eigenvalue weighted by Gasteiger charge is 2.13. The van der Waals surface area contributed by atoms with Crippen LogP contribution in [0.3, 0.4) is 0 Å². The summed E-state index contributed by atoms with van der Waals surface area (Å²) in [5, 5.41) is 0.757. The van der Waals surface area contributed by atoms with E-state index in [4.69, 9.17) is 11.6 Å². The summed E-state index contributed by atoms with van der Waals surface area (Å²) in [7, 11) is 0. The Balaban J connectivity index is 1.77. The monoisotopic (exact) mass is 324 g/mol. The van der Waals surface area contributed by atoms with Crippen molar-refractivity contribution in [1.82, 2.24) is 9.97 Å². The first kappa shape index (κ1) is 15.8. The first-order valence-corrected chi connectivity index (χ1v) is 8.19. The Morgan fingerprint density at radius 3 is 2.22 bits per heavy atom. The Labute approximate surface area is 142 Å². The number of H-pyrrole nitrogens is 1. The third-order valence-electron chi connectivity index (χ3n) is 3.98. The molecule has 0 unspecified atom stereocenters. The lowest BCUT2D eigenvalue weighted by Crippen LogP contribution is -2.10. The number of imidazole rings is 1. The minimum atomic E-state index is 0.173. The van der Waals surface area contributed by atoms with Crippen LogP contribution in [0.5, 0.6) is 0 Å². The number of halogens is 1. The van der Waals surface area contributed by atoms with Crippen molar-refractivity contribution in [3.05, 3.63) is 76.7 Å². The van der Waals surface area contributed by atoms with Gasteiger partial charge in [-0.15, -0.1) is 0 Å². The van der Waals surface area contributed by atoms with E-state index in [0.717, 1.165) is 28.5 Å². The number of nitrogens with one attached hydrogen (secondary N) is 1. The lowest BCUT2D eigenvalue weighted by atomic mass is 9.86. The maximum absolute atomic E-state index is 5.92. The van der Waals surface area contributed by atoms with Crippen LogP contribution in [0.15, 0.2) is 54.7 Å². The van der Waals surface area contributed by atoms with Crippen LogP contribution in [0.25, 0.3) is 11.3 Å². The Bertz CT molecular complexity index is 778. The minimum Gasteiger partial charge on any atom is -0.342 e. The SMILES string of the molecule is CC(C)(C)c1ccc(-c2cnc(Cc3ccc(Cl)cc3)[nH]2)cc1. The van der Waals surface area contributed by atoms with Gasteiger partial charge in [0.05, 0.1) is 11.9 Å². The molecule has 0 saturated heterocycles. The van der Waals surface area contributed by atoms with Gasteiger partial charge in [0.15, 0.2) is 0 Å². The van der Waals surface area contributed by atoms with Crippen molar-refractivity contribution in [3.8, 4) is 11.3 Å². The van der Waals surface area contributed by atoms with Gasteiger partial charge in [-0.25, -0.2) is 4.98 Å². The summed E-state index contributed by atoms with van der Waals surface area (Å²) in [5.41, 5.74) is 4.91. The molecule has 0 aliphatic heterocycles. The maximum Gasteiger partial charge on any atom is 0.110 e. The first-order valence-electron chi connectivity index (χ1n) is 7.81. The van der Waals surface area contributed by atoms with Crippen molar-refractivity contribution in [3.63, 3.8) is 0 Å². The maximum atomic E-state index is 5.92. The van der Waals surface area contributed by atoms with Crippen LogP contribution < -0.4 is 0 Å². The molecule has 2 nitrogen and oxygen atoms in total. The molecule has 0 atom stereocenters. The molecule has 3 heteroatoms. The van der Waals surface area contributed by atoms with Crippen molar-refractivity contribution in [1.29, 1.82) is 0 Å². The fourth-order valence-electron chi connectivity index (χ4n) is 2.54. The van der Waals surface area contributed by atoms with Gasteiger partial charge in [-0.3, -0.25) is 0 Å². The molecule has 1 heterocycles. The molecule has 3 rings (SSSR count). The van der Waals surface area contributed by atoms with Gasteiger partial charge in [0, 0.05) is 11.4 Å². The number of rotatable bonds is 3. The molecule has 0 bridgehead atoms. The van der Waals surface area contributed by atoms with Crippen molar-refractivity contribution >= 4 is 11.6 Å². The van der Waals surface area contributed by atoms with Crippen molar-refractivity contribution in [2.45, 2.75) is 32.6 Å². The van der Waals surface area contributed by atoms with Crippen LogP contribution in [0, 0.1) is 0 Å². The number of benzene rings is 2. The van der Waals surface area contributed by atoms with Crippen LogP contribution in [0.2, 0.25) is 5.02 Å². The van der Waals surface area contributed by atoms with Crippen LogP contribution in [0.4, 0.5) is 0 Å². The van der Waals surface area contributed by atoms with E-state index in [1.807, 2.05) is 30.5 Å². The van der Waals surface area contributed by atoms with Crippen LogP contribution in [0.1, 0.15) is 37.7 Å². The second-order valence-electron chi connectivity index (χ2n) is 6.87. The molecule has 0 fully saturated rings. The minimum absolute atomic E-state index is 0.173. The van der Waals surface area contributed by atoms with E-state index in [1.165, 1.54) is 11.1 Å². The Kier molecular flexibility index (Phi) is 4.27. The van der Waals surface area contributed by atoms with Gasteiger partial charge in [0.25, 0.3) is 0 Å². The summed E-state index contributed by atoms with van der Waals surface area (Å²) in [6.07, 6.45) is 2.68. The summed E-state index contributed by atoms with van der Waals surface area (Å²) < 4.78 is 0. The highest BCUT2D eigenvalue weighted by atomic mass is 35.5. The summed E-state index contributed by atoms with van der Waals surface area (Å²) >= 11 is 5.92. The lowest BCUT2D eigenvalue weighted by molar-refractivity contribution is 0.590. The number of hydrogen-bond donors (Lipinski definition) is 1. The quantitative estimate of drug-likeness (QED) is 0.665. The van der Waals surface area contributed by atoms with E-state index < -0.39 is 0 Å². The molecule has 1 aromatic heterocycles. The summed E-state index contributed by atoms with van der Waals surface area (Å²) in [4.78, 5) is 7.90. The summed E-state index contributed by atoms with van der Waals surface area (Å²) in [6, 6.07) is 16.6. The van der Waals surface area contributed by atoms with E-state index in [-0.39, 0.29) is 5.41 Å². The van der Waals surface area contributed by atoms with Crippen LogP contribution >= 0.6 is 11.6 Å². The first-order chi connectivity index (χ1) is 10.9. The molecule has 3 aromatic rings. The van der Waals surface area contributed by atoms with Gasteiger partial charge in [-0.1, -0.05) is 68.8 Å². The van der Waals surface area contributed by atoms with E-state index in [1.54, 1.807) is 0 Å². The van der Waals surface area contributed by atoms with E-state index in [2.05, 4.69) is 55.0 Å². The van der Waals surface area contributed by atoms with E-state index >= 15 is 0 Å². The second-order valence-corrected chi connectivity index (χ2v) is 7.31. The molecule has 23 heavy (non-hydrogen) atoms. The summed E-state index contributed by atoms with van der Waals surface area (Å²) in [5.74, 6) is 0.960. The van der Waals surface area contributed by atoms with Crippen molar-refractivity contribution in [2.24, 2.45) is 0 Å². The second kappa shape index (κ2) is 6.21. The fraction of sp³-hybridized carbons (Fsp3) is 0.250. The molecule has 118 valence electrons. The molecule has 0 aliphatic rings. The third kappa shape index (κ3) is 3.83. The Morgan fingerprint density at radius 1 is 0.957 bits per heavy atom. The Hall–Kier alpha value is -2.06. The van der Waals surface area contributed by atoms with E-state index in [0.29, 0.717) is 0 Å². The zero-order valence-corrected chi connectivity index (χ0v) is 14.5. The largest absolute Gasteiger partial charge is 0.342 e. The smallest absolute Gasteiger partial charge is 0.110 e. The third-order valence-corrected chi connectivity index (χ3v) is 4.23. The number of nitrogens with zero attached hydrogens (tertiary/aromatic N) is 1. The normalized spacial score (nSPS) is 11.7. The molecule has 0 aliphatic carbocycles. The van der Waals surface area contributed by atoms with Gasteiger partial charge in [-0.05, 0) is 34.2 Å². The zero-order chi connectivity index (χ0) is 16.4. The molecular formula is C20H21ClN2. The fourth-order valence-corrected chi connectivity index (χ4v) is 2.67. The molecular weight excluding hydrogens is 304 g/mol. The number of aromatic nitrogens is 2. The standard InChI is InChI=1S/C20H21ClN2/c1-20(2,3)16-8-6-15(7-9-16)18-13-22-19(23-18)12-14-4-10-17(21)11-5-14/h4-11,13H,12H2,1-3H3,(H,22,23). The average molecular weight is 325 g/mol. The number of aromatic amines is 1. The van der Waals surface area contributed by atoms with Crippen LogP contribution in [-0.2, 0) is 11.8 Å². The van der Waals surface area contributed by atoms with E-state index in [9.17, 15) is 0 Å². The zero-order valence-electron chi connectivity index (χ0n) is 13.7. The van der Waals surface area contributed by atoms with Gasteiger partial charge in [-0.2, -0.15) is 0 Å². The molecule has 0 radical (unpaired) electrons. The predicted octanol–water partition coefficient (Wildman–Crippen LogP) is 5.62. The lowest BCUT2D eigenvalue weighted by Gasteiger charge is -2.18. The van der Waals surface area contributed by atoms with Crippen LogP contribution in [-0.4, -0.2) is 9.97 Å². The highest BCUT2D eigenvalue weighted by molar-refractivity contribution is 6.30. The molecule has 0 amide bonds. The topological polar surface area (TPSA) is 28.7 Å². The average Bonchev–Trinajstić information content (AvgIpc) is 2.97. The molecule has 0 saturated carbocycles. The van der Waals surface area contributed by atoms with Gasteiger partial charge >= 0.3 is 0 Å². The van der Waals surface area contributed by atoms with Crippen molar-refractivity contribution in [2.75, 3.05) is 0 Å². The summed E-state index contributed by atoms with van der Waals surface area (Å²) in [6.45, 7) is 6.67. The number of hydrogen-bond acceptors (Lipinski definition) is 1. The highest BCUT2D eigenvalue weighted by Crippen LogP contribution is 2.25. The van der Waals surface area contributed by atoms with Gasteiger partial charge < -0.3 is 4.98 Å². The van der Waals surface area contributed by atoms with Crippen molar-refractivity contribution < 1.29 is 0 Å². The Morgan fingerprint density at radius 2 is 1.61 bits per heavy atom. The van der Waals surface area contributed by atoms with Gasteiger partial charge in [0.1, 0.15) is 5.82 Å². The predicted molar refractivity (Wildman–Crippen MR) is 97.0 cm³/mol. The molecule has 1 N–H and O–H groups in total. The molecule has 0 spiro atoms. The van der Waals surface area contributed by atoms with Gasteiger partial charge in [0.2, 0.25) is 0 Å².